The minimum atomic E-state index is 0.0550. The van der Waals surface area contributed by atoms with Gasteiger partial charge in [-0.25, -0.2) is 0 Å². The molecule has 0 radical (unpaired) electrons. The van der Waals surface area contributed by atoms with E-state index in [4.69, 9.17) is 0 Å². The van der Waals surface area contributed by atoms with Crippen LogP contribution < -0.4 is 4.90 Å². The molecule has 1 aromatic heterocycles. The molecule has 5 nitrogen and oxygen atoms in total. The maximum atomic E-state index is 13.0. The van der Waals surface area contributed by atoms with Gasteiger partial charge < -0.3 is 4.90 Å². The second kappa shape index (κ2) is 8.61. The summed E-state index contributed by atoms with van der Waals surface area (Å²) < 4.78 is 2.03. The highest BCUT2D eigenvalue weighted by atomic mass is 32.2. The van der Waals surface area contributed by atoms with Crippen molar-refractivity contribution in [1.82, 2.24) is 14.8 Å². The van der Waals surface area contributed by atoms with Crippen LogP contribution >= 0.6 is 11.8 Å². The summed E-state index contributed by atoms with van der Waals surface area (Å²) in [6.07, 6.45) is 0. The molecule has 0 N–H and O–H groups in total. The van der Waals surface area contributed by atoms with Gasteiger partial charge in [0.1, 0.15) is 5.82 Å². The molecular weight excluding hydrogens is 368 g/mol. The highest BCUT2D eigenvalue weighted by Gasteiger charge is 2.21. The van der Waals surface area contributed by atoms with E-state index in [0.29, 0.717) is 5.75 Å². The first kappa shape index (κ1) is 20.1. The Kier molecular flexibility index (Phi) is 6.19. The lowest BCUT2D eigenvalue weighted by atomic mass is 10.1. The van der Waals surface area contributed by atoms with Crippen LogP contribution in [-0.4, -0.2) is 32.5 Å². The van der Waals surface area contributed by atoms with Crippen molar-refractivity contribution in [3.05, 3.63) is 65.5 Å². The van der Waals surface area contributed by atoms with Gasteiger partial charge in [-0.2, -0.15) is 0 Å². The first-order chi connectivity index (χ1) is 13.4. The SMILES string of the molecule is Cc1cccc(-n2c(C)nnc2SCC(=O)N(c2ccccc2)C(C)C)c1C. The van der Waals surface area contributed by atoms with E-state index in [0.717, 1.165) is 22.4 Å². The molecule has 146 valence electrons. The number of nitrogens with zero attached hydrogens (tertiary/aromatic N) is 4. The Bertz CT molecular complexity index is 966. The van der Waals surface area contributed by atoms with E-state index < -0.39 is 0 Å². The van der Waals surface area contributed by atoms with Gasteiger partial charge >= 0.3 is 0 Å². The molecule has 3 aromatic rings. The van der Waals surface area contributed by atoms with Crippen molar-refractivity contribution in [3.8, 4) is 5.69 Å². The van der Waals surface area contributed by atoms with Crippen LogP contribution in [0.4, 0.5) is 5.69 Å². The monoisotopic (exact) mass is 394 g/mol. The van der Waals surface area contributed by atoms with Gasteiger partial charge in [-0.3, -0.25) is 9.36 Å². The molecule has 0 aliphatic rings. The average Bonchev–Trinajstić information content (AvgIpc) is 3.03. The molecule has 1 heterocycles. The topological polar surface area (TPSA) is 51.0 Å². The summed E-state index contributed by atoms with van der Waals surface area (Å²) in [6, 6.07) is 16.1. The molecule has 0 unspecified atom stereocenters. The van der Waals surface area contributed by atoms with Crippen LogP contribution in [0.3, 0.4) is 0 Å². The molecule has 28 heavy (non-hydrogen) atoms. The van der Waals surface area contributed by atoms with Crippen molar-refractivity contribution in [3.63, 3.8) is 0 Å². The molecule has 3 rings (SSSR count). The summed E-state index contributed by atoms with van der Waals surface area (Å²) >= 11 is 1.42. The first-order valence-corrected chi connectivity index (χ1v) is 10.4. The molecule has 6 heteroatoms. The number of carbonyl (C=O) groups excluding carboxylic acids is 1. The number of aromatic nitrogens is 3. The van der Waals surface area contributed by atoms with Crippen LogP contribution in [0.1, 0.15) is 30.8 Å². The number of carbonyl (C=O) groups is 1. The number of hydrogen-bond acceptors (Lipinski definition) is 4. The van der Waals surface area contributed by atoms with Crippen molar-refractivity contribution < 1.29 is 4.79 Å². The van der Waals surface area contributed by atoms with Crippen molar-refractivity contribution in [1.29, 1.82) is 0 Å². The number of rotatable bonds is 6. The van der Waals surface area contributed by atoms with Crippen LogP contribution in [0.2, 0.25) is 0 Å². The maximum Gasteiger partial charge on any atom is 0.237 e. The van der Waals surface area contributed by atoms with E-state index >= 15 is 0 Å². The van der Waals surface area contributed by atoms with Gasteiger partial charge in [0.15, 0.2) is 5.16 Å². The summed E-state index contributed by atoms with van der Waals surface area (Å²) in [5.41, 5.74) is 4.37. The van der Waals surface area contributed by atoms with Crippen LogP contribution in [-0.2, 0) is 4.79 Å². The summed E-state index contributed by atoms with van der Waals surface area (Å²) in [7, 11) is 0. The van der Waals surface area contributed by atoms with Crippen molar-refractivity contribution in [2.75, 3.05) is 10.7 Å². The second-order valence-electron chi connectivity index (χ2n) is 7.07. The molecule has 0 atom stereocenters. The standard InChI is InChI=1S/C22H26N4OS/c1-15(2)25(19-11-7-6-8-12-19)21(27)14-28-22-24-23-18(5)26(22)20-13-9-10-16(3)17(20)4/h6-13,15H,14H2,1-5H3. The highest BCUT2D eigenvalue weighted by molar-refractivity contribution is 7.99. The number of para-hydroxylation sites is 1. The fraction of sp³-hybridized carbons (Fsp3) is 0.318. The van der Waals surface area contributed by atoms with E-state index in [1.807, 2.05) is 66.6 Å². The van der Waals surface area contributed by atoms with Crippen molar-refractivity contribution >= 4 is 23.4 Å². The molecule has 2 aromatic carbocycles. The number of amides is 1. The third kappa shape index (κ3) is 4.12. The minimum absolute atomic E-state index is 0.0550. The van der Waals surface area contributed by atoms with Crippen LogP contribution in [0.25, 0.3) is 5.69 Å². The van der Waals surface area contributed by atoms with E-state index in [9.17, 15) is 4.79 Å². The van der Waals surface area contributed by atoms with Crippen molar-refractivity contribution in [2.24, 2.45) is 0 Å². The zero-order valence-corrected chi connectivity index (χ0v) is 17.8. The molecule has 0 aliphatic heterocycles. The molecule has 1 amide bonds. The number of aryl methyl sites for hydroxylation is 2. The molecule has 0 saturated carbocycles. The lowest BCUT2D eigenvalue weighted by Gasteiger charge is -2.26. The largest absolute Gasteiger partial charge is 0.309 e. The van der Waals surface area contributed by atoms with Crippen LogP contribution in [0.5, 0.6) is 0 Å². The smallest absolute Gasteiger partial charge is 0.237 e. The zero-order valence-electron chi connectivity index (χ0n) is 17.0. The number of thioether (sulfide) groups is 1. The van der Waals surface area contributed by atoms with E-state index in [1.54, 1.807) is 0 Å². The first-order valence-electron chi connectivity index (χ1n) is 9.38. The molecule has 0 spiro atoms. The molecule has 0 aliphatic carbocycles. The molecule has 0 saturated heterocycles. The van der Waals surface area contributed by atoms with Crippen LogP contribution in [0, 0.1) is 20.8 Å². The lowest BCUT2D eigenvalue weighted by Crippen LogP contribution is -2.38. The van der Waals surface area contributed by atoms with Crippen molar-refractivity contribution in [2.45, 2.75) is 45.8 Å². The highest BCUT2D eigenvalue weighted by Crippen LogP contribution is 2.26. The van der Waals surface area contributed by atoms with Gasteiger partial charge in [0, 0.05) is 11.7 Å². The predicted octanol–water partition coefficient (Wildman–Crippen LogP) is 4.73. The minimum Gasteiger partial charge on any atom is -0.309 e. The van der Waals surface area contributed by atoms with Crippen LogP contribution in [0.15, 0.2) is 53.7 Å². The number of benzene rings is 2. The third-order valence-electron chi connectivity index (χ3n) is 4.76. The van der Waals surface area contributed by atoms with E-state index in [1.165, 1.54) is 22.9 Å². The molecule has 0 fully saturated rings. The summed E-state index contributed by atoms with van der Waals surface area (Å²) in [6.45, 7) is 10.2. The molecule has 0 bridgehead atoms. The van der Waals surface area contributed by atoms with E-state index in [-0.39, 0.29) is 11.9 Å². The van der Waals surface area contributed by atoms with Gasteiger partial charge in [-0.15, -0.1) is 10.2 Å². The number of hydrogen-bond donors (Lipinski definition) is 0. The fourth-order valence-corrected chi connectivity index (χ4v) is 4.06. The Morgan fingerprint density at radius 1 is 1.04 bits per heavy atom. The van der Waals surface area contributed by atoms with Gasteiger partial charge in [-0.1, -0.05) is 42.1 Å². The number of anilines is 1. The van der Waals surface area contributed by atoms with Gasteiger partial charge in [0.05, 0.1) is 11.4 Å². The Labute approximate surface area is 170 Å². The maximum absolute atomic E-state index is 13.0. The summed E-state index contributed by atoms with van der Waals surface area (Å²) in [5.74, 6) is 1.17. The Hall–Kier alpha value is -2.60. The Morgan fingerprint density at radius 2 is 1.75 bits per heavy atom. The van der Waals surface area contributed by atoms with Gasteiger partial charge in [-0.05, 0) is 63.9 Å². The normalized spacial score (nSPS) is 11.1. The summed E-state index contributed by atoms with van der Waals surface area (Å²) in [4.78, 5) is 14.8. The third-order valence-corrected chi connectivity index (χ3v) is 5.67. The fourth-order valence-electron chi connectivity index (χ4n) is 3.21. The quantitative estimate of drug-likeness (QED) is 0.567. The zero-order chi connectivity index (χ0) is 20.3. The Morgan fingerprint density at radius 3 is 2.43 bits per heavy atom. The average molecular weight is 395 g/mol. The molecular formula is C22H26N4OS. The predicted molar refractivity (Wildman–Crippen MR) is 115 cm³/mol. The Balaban J connectivity index is 1.84. The summed E-state index contributed by atoms with van der Waals surface area (Å²) in [5, 5.41) is 9.30. The van der Waals surface area contributed by atoms with Gasteiger partial charge in [0.2, 0.25) is 5.91 Å². The lowest BCUT2D eigenvalue weighted by molar-refractivity contribution is -0.116. The van der Waals surface area contributed by atoms with E-state index in [2.05, 4.69) is 36.2 Å². The second-order valence-corrected chi connectivity index (χ2v) is 8.01. The van der Waals surface area contributed by atoms with Gasteiger partial charge in [0.25, 0.3) is 0 Å².